The molecule has 0 saturated heterocycles. The minimum atomic E-state index is -0.711. The highest BCUT2D eigenvalue weighted by Crippen LogP contribution is 2.20. The molecule has 0 spiro atoms. The Kier molecular flexibility index (Phi) is 4.78. The Morgan fingerprint density at radius 2 is 2.06 bits per heavy atom. The lowest BCUT2D eigenvalue weighted by Gasteiger charge is -2.15. The van der Waals surface area contributed by atoms with Crippen molar-refractivity contribution in [3.05, 3.63) is 29.3 Å². The largest absolute Gasteiger partial charge is 0.449 e. The highest BCUT2D eigenvalue weighted by molar-refractivity contribution is 6.33. The SMILES string of the molecule is CCOC(=O)N(C)C(=O)Nc1ccccc1Cl. The minimum Gasteiger partial charge on any atom is -0.449 e. The zero-order valence-electron chi connectivity index (χ0n) is 9.57. The normalized spacial score (nSPS) is 9.59. The van der Waals surface area contributed by atoms with Gasteiger partial charge in [0.15, 0.2) is 0 Å². The monoisotopic (exact) mass is 256 g/mol. The van der Waals surface area contributed by atoms with Crippen molar-refractivity contribution in [1.29, 1.82) is 0 Å². The van der Waals surface area contributed by atoms with Crippen molar-refractivity contribution in [3.63, 3.8) is 0 Å². The molecular formula is C11H13ClN2O3. The van der Waals surface area contributed by atoms with Crippen molar-refractivity contribution in [2.45, 2.75) is 6.92 Å². The molecule has 5 nitrogen and oxygen atoms in total. The number of amides is 3. The lowest BCUT2D eigenvalue weighted by atomic mass is 10.3. The molecule has 0 fully saturated rings. The fourth-order valence-corrected chi connectivity index (χ4v) is 1.25. The highest BCUT2D eigenvalue weighted by Gasteiger charge is 2.18. The second-order valence-electron chi connectivity index (χ2n) is 3.17. The fraction of sp³-hybridized carbons (Fsp3) is 0.273. The van der Waals surface area contributed by atoms with Gasteiger partial charge in [-0.15, -0.1) is 0 Å². The maximum absolute atomic E-state index is 11.6. The van der Waals surface area contributed by atoms with Gasteiger partial charge in [-0.2, -0.15) is 0 Å². The first-order chi connectivity index (χ1) is 8.06. The van der Waals surface area contributed by atoms with Gasteiger partial charge in [0.25, 0.3) is 0 Å². The summed E-state index contributed by atoms with van der Waals surface area (Å²) < 4.78 is 4.69. The van der Waals surface area contributed by atoms with Crippen LogP contribution in [0.15, 0.2) is 24.3 Å². The van der Waals surface area contributed by atoms with Gasteiger partial charge in [-0.3, -0.25) is 0 Å². The van der Waals surface area contributed by atoms with Crippen LogP contribution in [0.5, 0.6) is 0 Å². The smallest absolute Gasteiger partial charge is 0.417 e. The molecule has 0 heterocycles. The van der Waals surface area contributed by atoms with Crippen LogP contribution < -0.4 is 5.32 Å². The van der Waals surface area contributed by atoms with E-state index in [1.54, 1.807) is 31.2 Å². The van der Waals surface area contributed by atoms with Crippen molar-refractivity contribution >= 4 is 29.4 Å². The van der Waals surface area contributed by atoms with Gasteiger partial charge in [-0.1, -0.05) is 23.7 Å². The number of nitrogens with one attached hydrogen (secondary N) is 1. The second-order valence-corrected chi connectivity index (χ2v) is 3.58. The standard InChI is InChI=1S/C11H13ClN2O3/c1-3-17-11(16)14(2)10(15)13-9-7-5-4-6-8(9)12/h4-7H,3H2,1-2H3,(H,13,15). The average Bonchev–Trinajstić information content (AvgIpc) is 2.31. The van der Waals surface area contributed by atoms with E-state index < -0.39 is 12.1 Å². The molecule has 0 aliphatic heterocycles. The summed E-state index contributed by atoms with van der Waals surface area (Å²) in [5.74, 6) is 0. The number of nitrogens with zero attached hydrogens (tertiary/aromatic N) is 1. The summed E-state index contributed by atoms with van der Waals surface area (Å²) in [5.41, 5.74) is 0.440. The quantitative estimate of drug-likeness (QED) is 0.885. The number of hydrogen-bond acceptors (Lipinski definition) is 3. The molecule has 6 heteroatoms. The molecular weight excluding hydrogens is 244 g/mol. The number of imide groups is 1. The van der Waals surface area contributed by atoms with Gasteiger partial charge in [-0.05, 0) is 19.1 Å². The van der Waals surface area contributed by atoms with E-state index in [-0.39, 0.29) is 6.61 Å². The van der Waals surface area contributed by atoms with E-state index in [1.165, 1.54) is 7.05 Å². The maximum atomic E-state index is 11.6. The van der Waals surface area contributed by atoms with Crippen LogP contribution in [0.4, 0.5) is 15.3 Å². The van der Waals surface area contributed by atoms with E-state index in [9.17, 15) is 9.59 Å². The van der Waals surface area contributed by atoms with Crippen LogP contribution in [-0.2, 0) is 4.74 Å². The van der Waals surface area contributed by atoms with Crippen LogP contribution in [-0.4, -0.2) is 30.7 Å². The summed E-state index contributed by atoms with van der Waals surface area (Å²) >= 11 is 5.86. The van der Waals surface area contributed by atoms with E-state index >= 15 is 0 Å². The van der Waals surface area contributed by atoms with Gasteiger partial charge >= 0.3 is 12.1 Å². The number of halogens is 1. The zero-order chi connectivity index (χ0) is 12.8. The summed E-state index contributed by atoms with van der Waals surface area (Å²) in [4.78, 5) is 23.7. The average molecular weight is 257 g/mol. The number of rotatable bonds is 2. The number of benzene rings is 1. The Balaban J connectivity index is 2.67. The molecule has 1 N–H and O–H groups in total. The molecule has 92 valence electrons. The van der Waals surface area contributed by atoms with E-state index in [0.29, 0.717) is 10.7 Å². The molecule has 3 amide bonds. The molecule has 0 atom stereocenters. The fourth-order valence-electron chi connectivity index (χ4n) is 1.06. The number of urea groups is 1. The first-order valence-corrected chi connectivity index (χ1v) is 5.40. The first kappa shape index (κ1) is 13.3. The highest BCUT2D eigenvalue weighted by atomic mass is 35.5. The number of anilines is 1. The van der Waals surface area contributed by atoms with Crippen molar-refractivity contribution < 1.29 is 14.3 Å². The topological polar surface area (TPSA) is 58.6 Å². The van der Waals surface area contributed by atoms with Gasteiger partial charge in [-0.25, -0.2) is 14.5 Å². The third-order valence-electron chi connectivity index (χ3n) is 1.96. The molecule has 1 rings (SSSR count). The van der Waals surface area contributed by atoms with Crippen molar-refractivity contribution in [2.75, 3.05) is 19.0 Å². The van der Waals surface area contributed by atoms with Crippen LogP contribution in [0.25, 0.3) is 0 Å². The molecule has 0 unspecified atom stereocenters. The van der Waals surface area contributed by atoms with Crippen LogP contribution in [0.1, 0.15) is 6.92 Å². The molecule has 0 saturated carbocycles. The van der Waals surface area contributed by atoms with E-state index in [0.717, 1.165) is 4.90 Å². The number of hydrogen-bond donors (Lipinski definition) is 1. The lowest BCUT2D eigenvalue weighted by Crippen LogP contribution is -2.37. The predicted molar refractivity (Wildman–Crippen MR) is 65.3 cm³/mol. The van der Waals surface area contributed by atoms with E-state index in [2.05, 4.69) is 10.1 Å². The van der Waals surface area contributed by atoms with Gasteiger partial charge in [0.05, 0.1) is 17.3 Å². The lowest BCUT2D eigenvalue weighted by molar-refractivity contribution is 0.124. The number of ether oxygens (including phenoxy) is 1. The van der Waals surface area contributed by atoms with Crippen LogP contribution >= 0.6 is 11.6 Å². The molecule has 17 heavy (non-hydrogen) atoms. The van der Waals surface area contributed by atoms with E-state index in [4.69, 9.17) is 11.6 Å². The van der Waals surface area contributed by atoms with Crippen LogP contribution in [0.2, 0.25) is 5.02 Å². The Morgan fingerprint density at radius 3 is 2.65 bits per heavy atom. The number of carbonyl (C=O) groups excluding carboxylic acids is 2. The Hall–Kier alpha value is -1.75. The van der Waals surface area contributed by atoms with Gasteiger partial charge < -0.3 is 10.1 Å². The maximum Gasteiger partial charge on any atom is 0.417 e. The minimum absolute atomic E-state index is 0.211. The van der Waals surface area contributed by atoms with Crippen molar-refractivity contribution in [1.82, 2.24) is 4.90 Å². The predicted octanol–water partition coefficient (Wildman–Crippen LogP) is 2.96. The molecule has 0 aromatic heterocycles. The third-order valence-corrected chi connectivity index (χ3v) is 2.29. The summed E-state index contributed by atoms with van der Waals surface area (Å²) in [5, 5.41) is 2.90. The van der Waals surface area contributed by atoms with Crippen LogP contribution in [0, 0.1) is 0 Å². The zero-order valence-corrected chi connectivity index (χ0v) is 10.3. The van der Waals surface area contributed by atoms with Crippen LogP contribution in [0.3, 0.4) is 0 Å². The summed E-state index contributed by atoms with van der Waals surface area (Å²) in [7, 11) is 1.32. The molecule has 1 aromatic rings. The Morgan fingerprint density at radius 1 is 1.41 bits per heavy atom. The Bertz CT molecular complexity index is 423. The Labute approximate surface area is 104 Å². The number of para-hydroxylation sites is 1. The third kappa shape index (κ3) is 3.64. The molecule has 0 radical (unpaired) electrons. The molecule has 0 bridgehead atoms. The second kappa shape index (κ2) is 6.10. The molecule has 1 aromatic carbocycles. The van der Waals surface area contributed by atoms with Gasteiger partial charge in [0, 0.05) is 7.05 Å². The summed E-state index contributed by atoms with van der Waals surface area (Å²) in [6.45, 7) is 1.88. The van der Waals surface area contributed by atoms with Crippen molar-refractivity contribution in [2.24, 2.45) is 0 Å². The van der Waals surface area contributed by atoms with Gasteiger partial charge in [0.1, 0.15) is 0 Å². The summed E-state index contributed by atoms with van der Waals surface area (Å²) in [6.07, 6.45) is -0.711. The van der Waals surface area contributed by atoms with Crippen molar-refractivity contribution in [3.8, 4) is 0 Å². The molecule has 0 aliphatic carbocycles. The first-order valence-electron chi connectivity index (χ1n) is 5.02. The molecule has 0 aliphatic rings. The number of carbonyl (C=O) groups is 2. The summed E-state index contributed by atoms with van der Waals surface area (Å²) in [6, 6.07) is 6.15. The van der Waals surface area contributed by atoms with Gasteiger partial charge in [0.2, 0.25) is 0 Å². The van der Waals surface area contributed by atoms with E-state index in [1.807, 2.05) is 0 Å².